The molecule has 5 heteroatoms. The van der Waals surface area contributed by atoms with E-state index in [1.165, 1.54) is 10.9 Å². The van der Waals surface area contributed by atoms with Gasteiger partial charge in [-0.3, -0.25) is 9.36 Å². The zero-order valence-corrected chi connectivity index (χ0v) is 9.11. The first-order valence-corrected chi connectivity index (χ1v) is 5.12. The van der Waals surface area contributed by atoms with Crippen LogP contribution >= 0.6 is 11.6 Å². The highest BCUT2D eigenvalue weighted by atomic mass is 35.5. The maximum atomic E-state index is 11.9. The fraction of sp³-hybridized carbons (Fsp3) is 0.182. The van der Waals surface area contributed by atoms with Gasteiger partial charge in [-0.2, -0.15) is 5.26 Å². The van der Waals surface area contributed by atoms with Gasteiger partial charge >= 0.3 is 0 Å². The zero-order chi connectivity index (χ0) is 11.5. The van der Waals surface area contributed by atoms with Crippen molar-refractivity contribution in [1.29, 1.82) is 5.26 Å². The summed E-state index contributed by atoms with van der Waals surface area (Å²) in [5.74, 6) is 0. The maximum absolute atomic E-state index is 11.9. The molecule has 2 aromatic rings. The van der Waals surface area contributed by atoms with Gasteiger partial charge in [0.05, 0.1) is 29.7 Å². The van der Waals surface area contributed by atoms with Crippen molar-refractivity contribution in [2.24, 2.45) is 0 Å². The Balaban J connectivity index is 2.60. The van der Waals surface area contributed by atoms with Crippen molar-refractivity contribution >= 4 is 22.5 Å². The summed E-state index contributed by atoms with van der Waals surface area (Å²) in [5, 5.41) is 9.45. The second-order valence-corrected chi connectivity index (χ2v) is 3.75. The van der Waals surface area contributed by atoms with Crippen molar-refractivity contribution in [2.45, 2.75) is 13.0 Å². The molecule has 0 aliphatic heterocycles. The van der Waals surface area contributed by atoms with Gasteiger partial charge in [0.15, 0.2) is 0 Å². The van der Waals surface area contributed by atoms with Gasteiger partial charge in [-0.1, -0.05) is 11.6 Å². The van der Waals surface area contributed by atoms with Crippen LogP contribution in [0.1, 0.15) is 6.42 Å². The number of nitriles is 1. The maximum Gasteiger partial charge on any atom is 0.261 e. The van der Waals surface area contributed by atoms with E-state index in [0.717, 1.165) is 0 Å². The summed E-state index contributed by atoms with van der Waals surface area (Å²) in [4.78, 5) is 16.1. The fourth-order valence-electron chi connectivity index (χ4n) is 1.46. The lowest BCUT2D eigenvalue weighted by molar-refractivity contribution is 0.678. The molecule has 0 saturated carbocycles. The monoisotopic (exact) mass is 233 g/mol. The minimum Gasteiger partial charge on any atom is -0.298 e. The second-order valence-electron chi connectivity index (χ2n) is 3.31. The van der Waals surface area contributed by atoms with Crippen molar-refractivity contribution in [2.75, 3.05) is 0 Å². The molecule has 1 aromatic heterocycles. The Morgan fingerprint density at radius 1 is 1.50 bits per heavy atom. The quantitative estimate of drug-likeness (QED) is 0.797. The normalized spacial score (nSPS) is 10.2. The van der Waals surface area contributed by atoms with E-state index >= 15 is 0 Å². The molecular formula is C11H8ClN3O. The number of nitrogens with zero attached hydrogens (tertiary/aromatic N) is 3. The highest BCUT2D eigenvalue weighted by Crippen LogP contribution is 2.13. The van der Waals surface area contributed by atoms with Crippen LogP contribution in [0.15, 0.2) is 29.3 Å². The predicted octanol–water partition coefficient (Wildman–Crippen LogP) is 1.96. The molecule has 0 spiro atoms. The van der Waals surface area contributed by atoms with Crippen molar-refractivity contribution < 1.29 is 0 Å². The molecule has 0 atom stereocenters. The lowest BCUT2D eigenvalue weighted by Crippen LogP contribution is -2.20. The summed E-state index contributed by atoms with van der Waals surface area (Å²) in [6.07, 6.45) is 1.74. The van der Waals surface area contributed by atoms with E-state index in [1.54, 1.807) is 18.2 Å². The van der Waals surface area contributed by atoms with Crippen LogP contribution in [0.4, 0.5) is 0 Å². The Bertz CT molecular complexity index is 627. The molecule has 0 N–H and O–H groups in total. The van der Waals surface area contributed by atoms with E-state index in [2.05, 4.69) is 4.98 Å². The van der Waals surface area contributed by atoms with Crippen molar-refractivity contribution in [3.05, 3.63) is 39.9 Å². The molecule has 2 rings (SSSR count). The molecule has 0 radical (unpaired) electrons. The number of benzene rings is 1. The highest BCUT2D eigenvalue weighted by Gasteiger charge is 2.04. The number of fused-ring (bicyclic) bond motifs is 1. The van der Waals surface area contributed by atoms with Crippen LogP contribution in [-0.2, 0) is 6.54 Å². The van der Waals surface area contributed by atoms with Crippen LogP contribution < -0.4 is 5.56 Å². The smallest absolute Gasteiger partial charge is 0.261 e. The van der Waals surface area contributed by atoms with Gasteiger partial charge in [0.2, 0.25) is 0 Å². The third kappa shape index (κ3) is 1.90. The van der Waals surface area contributed by atoms with E-state index in [4.69, 9.17) is 16.9 Å². The summed E-state index contributed by atoms with van der Waals surface area (Å²) in [6.45, 7) is 0.352. The first-order chi connectivity index (χ1) is 7.72. The van der Waals surface area contributed by atoms with Crippen LogP contribution in [0.2, 0.25) is 5.02 Å². The van der Waals surface area contributed by atoms with E-state index in [1.807, 2.05) is 6.07 Å². The minimum atomic E-state index is -0.164. The average molecular weight is 234 g/mol. The fourth-order valence-corrected chi connectivity index (χ4v) is 1.63. The number of aryl methyl sites for hydroxylation is 1. The van der Waals surface area contributed by atoms with Crippen LogP contribution in [-0.4, -0.2) is 9.55 Å². The molecule has 1 heterocycles. The molecular weight excluding hydrogens is 226 g/mol. The van der Waals surface area contributed by atoms with Crippen LogP contribution in [0.3, 0.4) is 0 Å². The van der Waals surface area contributed by atoms with Gasteiger partial charge in [-0.25, -0.2) is 4.98 Å². The summed E-state index contributed by atoms with van der Waals surface area (Å²) >= 11 is 5.82. The van der Waals surface area contributed by atoms with E-state index in [9.17, 15) is 4.79 Å². The molecule has 0 fully saturated rings. The SMILES string of the molecule is N#CCCn1cnc2ccc(Cl)cc2c1=O. The Morgan fingerprint density at radius 3 is 3.06 bits per heavy atom. The Hall–Kier alpha value is -1.86. The van der Waals surface area contributed by atoms with Crippen molar-refractivity contribution in [3.63, 3.8) is 0 Å². The Labute approximate surface area is 96.7 Å². The topological polar surface area (TPSA) is 58.7 Å². The largest absolute Gasteiger partial charge is 0.298 e. The van der Waals surface area contributed by atoms with Crippen LogP contribution in [0.5, 0.6) is 0 Å². The zero-order valence-electron chi connectivity index (χ0n) is 8.35. The molecule has 0 aliphatic carbocycles. The summed E-state index contributed by atoms with van der Waals surface area (Å²) < 4.78 is 1.42. The molecule has 0 aliphatic rings. The number of hydrogen-bond donors (Lipinski definition) is 0. The molecule has 80 valence electrons. The van der Waals surface area contributed by atoms with Crippen molar-refractivity contribution in [1.82, 2.24) is 9.55 Å². The third-order valence-electron chi connectivity index (χ3n) is 2.25. The molecule has 0 saturated heterocycles. The molecule has 16 heavy (non-hydrogen) atoms. The molecule has 1 aromatic carbocycles. The Morgan fingerprint density at radius 2 is 2.31 bits per heavy atom. The molecule has 4 nitrogen and oxygen atoms in total. The first kappa shape index (κ1) is 10.7. The van der Waals surface area contributed by atoms with E-state index in [-0.39, 0.29) is 12.0 Å². The predicted molar refractivity (Wildman–Crippen MR) is 61.2 cm³/mol. The van der Waals surface area contributed by atoms with Gasteiger partial charge in [0, 0.05) is 11.6 Å². The molecule has 0 amide bonds. The van der Waals surface area contributed by atoms with Crippen LogP contribution in [0, 0.1) is 11.3 Å². The number of halogens is 1. The standard InChI is InChI=1S/C11H8ClN3O/c12-8-2-3-10-9(6-8)11(16)15(7-14-10)5-1-4-13/h2-3,6-7H,1,5H2. The van der Waals surface area contributed by atoms with E-state index < -0.39 is 0 Å². The van der Waals surface area contributed by atoms with Crippen LogP contribution in [0.25, 0.3) is 10.9 Å². The lowest BCUT2D eigenvalue weighted by atomic mass is 10.2. The van der Waals surface area contributed by atoms with Gasteiger partial charge in [0.25, 0.3) is 5.56 Å². The van der Waals surface area contributed by atoms with Crippen molar-refractivity contribution in [3.8, 4) is 6.07 Å². The average Bonchev–Trinajstić information content (AvgIpc) is 2.29. The number of rotatable bonds is 2. The van der Waals surface area contributed by atoms with E-state index in [0.29, 0.717) is 22.5 Å². The van der Waals surface area contributed by atoms with Gasteiger partial charge in [-0.15, -0.1) is 0 Å². The summed E-state index contributed by atoms with van der Waals surface area (Å²) in [5.41, 5.74) is 0.449. The summed E-state index contributed by atoms with van der Waals surface area (Å²) in [6, 6.07) is 6.97. The number of aromatic nitrogens is 2. The highest BCUT2D eigenvalue weighted by molar-refractivity contribution is 6.31. The lowest BCUT2D eigenvalue weighted by Gasteiger charge is -2.03. The Kier molecular flexibility index (Phi) is 2.88. The summed E-state index contributed by atoms with van der Waals surface area (Å²) in [7, 11) is 0. The molecule has 0 unspecified atom stereocenters. The van der Waals surface area contributed by atoms with Gasteiger partial charge in [0.1, 0.15) is 0 Å². The first-order valence-electron chi connectivity index (χ1n) is 4.74. The second kappa shape index (κ2) is 4.33. The number of hydrogen-bond acceptors (Lipinski definition) is 3. The third-order valence-corrected chi connectivity index (χ3v) is 2.49. The van der Waals surface area contributed by atoms with Gasteiger partial charge < -0.3 is 0 Å². The molecule has 0 bridgehead atoms. The minimum absolute atomic E-state index is 0.164. The van der Waals surface area contributed by atoms with Gasteiger partial charge in [-0.05, 0) is 18.2 Å².